The molecule has 3 atom stereocenters. The number of carboxylic acids is 1. The summed E-state index contributed by atoms with van der Waals surface area (Å²) in [4.78, 5) is 81.5. The Morgan fingerprint density at radius 1 is 0.831 bits per heavy atom. The number of ether oxygens (including phenoxy) is 4. The summed E-state index contributed by atoms with van der Waals surface area (Å²) in [5.41, 5.74) is 2.12. The molecule has 4 amide bonds. The van der Waals surface area contributed by atoms with Crippen LogP contribution in [0, 0.1) is 0 Å². The fraction of sp³-hybridized carbons (Fsp3) is 0.286. The third kappa shape index (κ3) is 8.36. The SMILES string of the molecule is COc1ccc(COc2ccc(C(=O)C(=O)N3CCN([C@@]4(C(=O)O)CN5C(=O)C(NC(=O)Cc6ccccc6)C5S4)C(=O)C3)c(Cl)c2OCc2ccc(OC)cc2)cc1. The van der Waals surface area contributed by atoms with Crippen LogP contribution >= 0.6 is 23.4 Å². The Hall–Kier alpha value is -6.26. The van der Waals surface area contributed by atoms with Crippen molar-refractivity contribution in [2.75, 3.05) is 40.4 Å². The number of hydrogen-bond donors (Lipinski definition) is 2. The number of Topliss-reactive ketones (excluding diaryl/α,β-unsaturated/α-hetero) is 1. The highest BCUT2D eigenvalue weighted by molar-refractivity contribution is 8.02. The zero-order valence-corrected chi connectivity index (χ0v) is 33.5. The van der Waals surface area contributed by atoms with Gasteiger partial charge in [0.05, 0.1) is 37.8 Å². The Morgan fingerprint density at radius 2 is 1.46 bits per heavy atom. The van der Waals surface area contributed by atoms with Gasteiger partial charge in [-0.3, -0.25) is 24.0 Å². The van der Waals surface area contributed by atoms with Gasteiger partial charge in [-0.25, -0.2) is 4.79 Å². The predicted molar refractivity (Wildman–Crippen MR) is 214 cm³/mol. The summed E-state index contributed by atoms with van der Waals surface area (Å²) in [5.74, 6) is -3.44. The molecule has 3 heterocycles. The Bertz CT molecular complexity index is 2280. The molecule has 17 heteroatoms. The topological polar surface area (TPSA) is 181 Å². The first kappa shape index (κ1) is 40.9. The molecule has 0 radical (unpaired) electrons. The van der Waals surface area contributed by atoms with E-state index >= 15 is 0 Å². The third-order valence-electron chi connectivity index (χ3n) is 10.2. The van der Waals surface area contributed by atoms with Gasteiger partial charge in [-0.15, -0.1) is 0 Å². The molecule has 306 valence electrons. The van der Waals surface area contributed by atoms with Crippen molar-refractivity contribution in [3.05, 3.63) is 118 Å². The summed E-state index contributed by atoms with van der Waals surface area (Å²) in [6.07, 6.45) is 0.0328. The highest BCUT2D eigenvalue weighted by atomic mass is 35.5. The summed E-state index contributed by atoms with van der Waals surface area (Å²) in [5, 5.41) is 12.3. The van der Waals surface area contributed by atoms with E-state index < -0.39 is 58.2 Å². The summed E-state index contributed by atoms with van der Waals surface area (Å²) < 4.78 is 22.6. The van der Waals surface area contributed by atoms with Crippen molar-refractivity contribution in [2.24, 2.45) is 0 Å². The van der Waals surface area contributed by atoms with Gasteiger partial charge in [-0.05, 0) is 53.1 Å². The van der Waals surface area contributed by atoms with E-state index in [4.69, 9.17) is 30.5 Å². The second-order valence-electron chi connectivity index (χ2n) is 13.9. The summed E-state index contributed by atoms with van der Waals surface area (Å²) in [6.45, 7) is -1.19. The van der Waals surface area contributed by atoms with Crippen LogP contribution in [0.1, 0.15) is 27.0 Å². The fourth-order valence-electron chi connectivity index (χ4n) is 7.02. The second kappa shape index (κ2) is 17.3. The number of carbonyl (C=O) groups is 6. The lowest BCUT2D eigenvalue weighted by molar-refractivity contribution is -0.160. The number of aliphatic carboxylic acids is 1. The fourth-order valence-corrected chi connectivity index (χ4v) is 8.98. The van der Waals surface area contributed by atoms with Crippen molar-refractivity contribution in [1.29, 1.82) is 0 Å². The quantitative estimate of drug-likeness (QED) is 0.101. The van der Waals surface area contributed by atoms with E-state index in [-0.39, 0.29) is 61.4 Å². The minimum Gasteiger partial charge on any atom is -0.497 e. The molecule has 3 saturated heterocycles. The molecule has 2 N–H and O–H groups in total. The monoisotopic (exact) mass is 842 g/mol. The Labute approximate surface area is 348 Å². The van der Waals surface area contributed by atoms with Gasteiger partial charge in [0, 0.05) is 13.1 Å². The van der Waals surface area contributed by atoms with Crippen molar-refractivity contribution in [1.82, 2.24) is 20.0 Å². The average Bonchev–Trinajstić information content (AvgIpc) is 3.62. The number of fused-ring (bicyclic) bond motifs is 1. The van der Waals surface area contributed by atoms with Crippen LogP contribution < -0.4 is 24.3 Å². The molecular weight excluding hydrogens is 804 g/mol. The number of benzene rings is 4. The van der Waals surface area contributed by atoms with Crippen LogP contribution in [-0.4, -0.2) is 112 Å². The van der Waals surface area contributed by atoms with Gasteiger partial charge in [-0.2, -0.15) is 0 Å². The van der Waals surface area contributed by atoms with E-state index in [0.29, 0.717) is 11.5 Å². The van der Waals surface area contributed by atoms with E-state index in [0.717, 1.165) is 38.3 Å². The molecule has 7 rings (SSSR count). The number of β-lactam (4-membered cyclic amide) rings is 1. The summed E-state index contributed by atoms with van der Waals surface area (Å²) in [6, 6.07) is 25.1. The minimum absolute atomic E-state index is 0.0194. The number of nitrogens with one attached hydrogen (secondary N) is 1. The molecule has 3 fully saturated rings. The number of halogens is 1. The molecule has 0 aromatic heterocycles. The molecule has 3 aliphatic heterocycles. The maximum Gasteiger partial charge on any atom is 0.342 e. The first-order valence-corrected chi connectivity index (χ1v) is 19.7. The molecule has 0 saturated carbocycles. The van der Waals surface area contributed by atoms with E-state index in [1.165, 1.54) is 17.0 Å². The highest BCUT2D eigenvalue weighted by Gasteiger charge is 2.65. The van der Waals surface area contributed by atoms with Gasteiger partial charge >= 0.3 is 5.97 Å². The largest absolute Gasteiger partial charge is 0.497 e. The first-order valence-electron chi connectivity index (χ1n) is 18.5. The van der Waals surface area contributed by atoms with E-state index in [1.54, 1.807) is 74.9 Å². The molecule has 0 spiro atoms. The Morgan fingerprint density at radius 3 is 2.05 bits per heavy atom. The summed E-state index contributed by atoms with van der Waals surface area (Å²) in [7, 11) is 3.12. The molecule has 59 heavy (non-hydrogen) atoms. The lowest BCUT2D eigenvalue weighted by Crippen LogP contribution is -2.68. The first-order chi connectivity index (χ1) is 28.4. The zero-order chi connectivity index (χ0) is 41.8. The number of piperazine rings is 1. The van der Waals surface area contributed by atoms with Gasteiger partial charge < -0.3 is 44.1 Å². The average molecular weight is 843 g/mol. The molecule has 3 aliphatic rings. The number of carboxylic acid groups (broad SMARTS) is 1. The zero-order valence-electron chi connectivity index (χ0n) is 31.9. The summed E-state index contributed by atoms with van der Waals surface area (Å²) >= 11 is 7.70. The van der Waals surface area contributed by atoms with Crippen LogP contribution in [0.4, 0.5) is 0 Å². The maximum absolute atomic E-state index is 13.8. The molecule has 0 bridgehead atoms. The van der Waals surface area contributed by atoms with Gasteiger partial charge in [0.1, 0.15) is 42.7 Å². The van der Waals surface area contributed by atoms with Gasteiger partial charge in [-0.1, -0.05) is 78.0 Å². The lowest BCUT2D eigenvalue weighted by Gasteiger charge is -2.42. The number of nitrogens with zero attached hydrogens (tertiary/aromatic N) is 3. The van der Waals surface area contributed by atoms with Crippen molar-refractivity contribution < 1.29 is 52.8 Å². The number of hydrogen-bond acceptors (Lipinski definition) is 11. The number of carbonyl (C=O) groups excluding carboxylic acids is 5. The Kier molecular flexibility index (Phi) is 12.0. The minimum atomic E-state index is -1.88. The highest BCUT2D eigenvalue weighted by Crippen LogP contribution is 2.49. The number of ketones is 1. The van der Waals surface area contributed by atoms with Crippen molar-refractivity contribution in [3.8, 4) is 23.0 Å². The standard InChI is InChI=1S/C42H39ClN4O11S/c1-55-28-12-8-26(9-13-28)22-57-31-17-16-30(34(43)37(31)58-23-27-10-14-29(56-2)15-11-27)36(50)39(52)45-18-19-47(33(49)21-45)42(41(53)54)24-46-38(51)35(40(46)59-42)44-32(48)20-25-6-4-3-5-7-25/h3-17,35,40H,18-24H2,1-2H3,(H,44,48)(H,53,54)/t35?,40?,42-/m0/s1. The van der Waals surface area contributed by atoms with Crippen LogP contribution in [0.25, 0.3) is 0 Å². The lowest BCUT2D eigenvalue weighted by atomic mass is 10.0. The molecular formula is C42H39ClN4O11S. The third-order valence-corrected chi connectivity index (χ3v) is 12.3. The van der Waals surface area contributed by atoms with Crippen molar-refractivity contribution in [3.63, 3.8) is 0 Å². The second-order valence-corrected chi connectivity index (χ2v) is 15.7. The van der Waals surface area contributed by atoms with Crippen molar-refractivity contribution in [2.45, 2.75) is 35.9 Å². The molecule has 2 unspecified atom stereocenters. The smallest absolute Gasteiger partial charge is 0.342 e. The predicted octanol–water partition coefficient (Wildman–Crippen LogP) is 3.79. The molecule has 4 aromatic carbocycles. The van der Waals surface area contributed by atoms with E-state index in [2.05, 4.69) is 5.32 Å². The van der Waals surface area contributed by atoms with Crippen LogP contribution in [-0.2, 0) is 43.6 Å². The maximum atomic E-state index is 13.8. The van der Waals surface area contributed by atoms with Crippen LogP contribution in [0.3, 0.4) is 0 Å². The molecule has 15 nitrogen and oxygen atoms in total. The normalized spacial score (nSPS) is 19.7. The number of rotatable bonds is 15. The van der Waals surface area contributed by atoms with Crippen LogP contribution in [0.2, 0.25) is 5.02 Å². The molecule has 4 aromatic rings. The molecule has 0 aliphatic carbocycles. The number of thioether (sulfide) groups is 1. The van der Waals surface area contributed by atoms with Gasteiger partial charge in [0.15, 0.2) is 11.5 Å². The number of methoxy groups -OCH3 is 2. The van der Waals surface area contributed by atoms with Crippen LogP contribution in [0.15, 0.2) is 91.0 Å². The number of amides is 4. The Balaban J connectivity index is 1.04. The van der Waals surface area contributed by atoms with Crippen molar-refractivity contribution >= 4 is 58.7 Å². The van der Waals surface area contributed by atoms with Gasteiger partial charge in [0.2, 0.25) is 22.6 Å². The van der Waals surface area contributed by atoms with Crippen LogP contribution in [0.5, 0.6) is 23.0 Å². The van der Waals surface area contributed by atoms with E-state index in [1.807, 2.05) is 18.2 Å². The van der Waals surface area contributed by atoms with E-state index in [9.17, 15) is 33.9 Å². The van der Waals surface area contributed by atoms with Gasteiger partial charge in [0.25, 0.3) is 11.7 Å².